The standard InChI is InChI=1S/C13H5F6N5.2C9H5F3N3.C2H3N.2Cu/c14-12(15,16)10-4-8(21-23-10)6-2-1-3-7(20-6)9-5-11(24-22-9)13(17,18)19;2*10-9(11,12)8-5-7(14-15-8)6-3-1-2-4-13-6;1-2-3;;/h1-5H;2*1-5H;1H3;;/q-2;2*-1;;2*+2. The third-order valence-corrected chi connectivity index (χ3v) is 6.45. The SMILES string of the molecule is CC#N.FC(F)(F)c1cc(-c2cccc(-c3cc(C(F)(F)F)[n-]n3)n2)n[n-]1.FC(F)(F)c1cc(-c2ccccn2)[n-]n1.FC(F)(F)c1cc(-c2ccccn2)[n-]n1.[Cu+2].[Cu+2]. The summed E-state index contributed by atoms with van der Waals surface area (Å²) in [7, 11) is 0. The van der Waals surface area contributed by atoms with Crippen molar-refractivity contribution in [2.24, 2.45) is 0 Å². The van der Waals surface area contributed by atoms with Crippen LogP contribution in [0.15, 0.2) is 91.3 Å². The molecule has 0 aliphatic carbocycles. The molecule has 0 aromatic carbocycles. The third kappa shape index (κ3) is 14.1. The van der Waals surface area contributed by atoms with E-state index in [-0.39, 0.29) is 68.3 Å². The number of hydrogen-bond acceptors (Lipinski definition) is 8. The predicted molar refractivity (Wildman–Crippen MR) is 170 cm³/mol. The molecule has 7 rings (SSSR count). The summed E-state index contributed by atoms with van der Waals surface area (Å²) in [5.74, 6) is 0. The Bertz CT molecular complexity index is 2200. The molecule has 0 N–H and O–H groups in total. The zero-order chi connectivity index (χ0) is 42.0. The summed E-state index contributed by atoms with van der Waals surface area (Å²) < 4.78 is 148. The molecular weight excluding hydrogens is 920 g/mol. The van der Waals surface area contributed by atoms with Crippen molar-refractivity contribution in [3.05, 3.63) is 114 Å². The van der Waals surface area contributed by atoms with Gasteiger partial charge in [0, 0.05) is 30.7 Å². The molecule has 2 radical (unpaired) electrons. The Kier molecular flexibility index (Phi) is 17.2. The molecule has 0 fully saturated rings. The minimum absolute atomic E-state index is 0. The van der Waals surface area contributed by atoms with E-state index in [1.54, 1.807) is 42.5 Å². The van der Waals surface area contributed by atoms with E-state index in [1.165, 1.54) is 37.5 Å². The van der Waals surface area contributed by atoms with Crippen molar-refractivity contribution in [3.8, 4) is 51.6 Å². The smallest absolute Gasteiger partial charge is 0.573 e. The number of aromatic nitrogens is 11. The van der Waals surface area contributed by atoms with Gasteiger partial charge in [-0.15, -0.1) is 0 Å². The van der Waals surface area contributed by atoms with Gasteiger partial charge in [0.1, 0.15) is 11.4 Å². The molecule has 7 aromatic heterocycles. The largest absolute Gasteiger partial charge is 2.00 e. The summed E-state index contributed by atoms with van der Waals surface area (Å²) in [6.45, 7) is 1.43. The zero-order valence-electron chi connectivity index (χ0n) is 28.7. The zero-order valence-corrected chi connectivity index (χ0v) is 30.5. The van der Waals surface area contributed by atoms with Crippen LogP contribution in [0, 0.1) is 11.3 Å². The van der Waals surface area contributed by atoms with Crippen molar-refractivity contribution in [2.75, 3.05) is 0 Å². The first kappa shape index (κ1) is 49.1. The topological polar surface area (TPSA) is 170 Å². The van der Waals surface area contributed by atoms with Gasteiger partial charge in [0.25, 0.3) is 0 Å². The predicted octanol–water partition coefficient (Wildman–Crippen LogP) is 7.92. The van der Waals surface area contributed by atoms with Gasteiger partial charge < -0.3 is 40.8 Å². The maximum absolute atomic E-state index is 12.5. The first-order chi connectivity index (χ1) is 26.7. The molecule has 26 heteroatoms. The molecule has 0 saturated carbocycles. The third-order valence-electron chi connectivity index (χ3n) is 6.45. The Morgan fingerprint density at radius 2 is 0.814 bits per heavy atom. The fraction of sp³-hybridized carbons (Fsp3) is 0.152. The summed E-state index contributed by atoms with van der Waals surface area (Å²) in [6, 6.07) is 18.8. The molecule has 0 amide bonds. The van der Waals surface area contributed by atoms with Crippen LogP contribution >= 0.6 is 0 Å². The maximum Gasteiger partial charge on any atom is 2.00 e. The minimum Gasteiger partial charge on any atom is -0.573 e. The molecule has 316 valence electrons. The van der Waals surface area contributed by atoms with Crippen LogP contribution in [-0.2, 0) is 58.8 Å². The van der Waals surface area contributed by atoms with Crippen LogP contribution in [0.2, 0.25) is 0 Å². The number of rotatable bonds is 4. The van der Waals surface area contributed by atoms with Crippen LogP contribution in [0.5, 0.6) is 0 Å². The number of nitrogens with zero attached hydrogens (tertiary/aromatic N) is 12. The Labute approximate surface area is 344 Å². The average Bonchev–Trinajstić information content (AvgIpc) is 3.99. The van der Waals surface area contributed by atoms with E-state index in [0.29, 0.717) is 23.5 Å². The maximum atomic E-state index is 12.5. The summed E-state index contributed by atoms with van der Waals surface area (Å²) in [6.07, 6.45) is -15.3. The van der Waals surface area contributed by atoms with Crippen molar-refractivity contribution in [3.63, 3.8) is 0 Å². The summed E-state index contributed by atoms with van der Waals surface area (Å²) in [5.41, 5.74) is -3.62. The van der Waals surface area contributed by atoms with Crippen LogP contribution in [0.4, 0.5) is 52.7 Å². The number of nitriles is 1. The van der Waals surface area contributed by atoms with Crippen molar-refractivity contribution in [1.29, 1.82) is 5.26 Å². The van der Waals surface area contributed by atoms with E-state index in [4.69, 9.17) is 5.26 Å². The second kappa shape index (κ2) is 20.6. The van der Waals surface area contributed by atoms with Gasteiger partial charge in [-0.05, 0) is 72.1 Å². The molecule has 7 heterocycles. The molecule has 59 heavy (non-hydrogen) atoms. The van der Waals surface area contributed by atoms with Crippen molar-refractivity contribution in [2.45, 2.75) is 31.6 Å². The van der Waals surface area contributed by atoms with E-state index in [2.05, 4.69) is 55.7 Å². The molecule has 0 atom stereocenters. The number of hydrogen-bond donors (Lipinski definition) is 0. The molecule has 0 bridgehead atoms. The van der Waals surface area contributed by atoms with Crippen molar-refractivity contribution >= 4 is 0 Å². The van der Waals surface area contributed by atoms with Gasteiger partial charge in [0.05, 0.1) is 28.8 Å². The van der Waals surface area contributed by atoms with Gasteiger partial charge in [-0.1, -0.05) is 29.6 Å². The van der Waals surface area contributed by atoms with Gasteiger partial charge in [-0.3, -0.25) is 9.97 Å². The van der Waals surface area contributed by atoms with Crippen molar-refractivity contribution in [1.82, 2.24) is 55.7 Å². The first-order valence-electron chi connectivity index (χ1n) is 15.1. The number of pyridine rings is 3. The second-order valence-corrected chi connectivity index (χ2v) is 10.5. The monoisotopic (exact) mass is 936 g/mol. The Hall–Kier alpha value is -6.02. The van der Waals surface area contributed by atoms with Crippen LogP contribution in [0.3, 0.4) is 0 Å². The quantitative estimate of drug-likeness (QED) is 0.124. The Balaban J connectivity index is 0.000000301. The van der Waals surface area contributed by atoms with Crippen LogP contribution in [0.1, 0.15) is 29.7 Å². The fourth-order valence-corrected chi connectivity index (χ4v) is 3.98. The van der Waals surface area contributed by atoms with Crippen LogP contribution < -0.4 is 20.4 Å². The summed E-state index contributed by atoms with van der Waals surface area (Å²) in [4.78, 5) is 11.7. The number of alkyl halides is 12. The molecule has 0 saturated heterocycles. The van der Waals surface area contributed by atoms with Gasteiger partial charge in [0.15, 0.2) is 0 Å². The molecule has 0 unspecified atom stereocenters. The van der Waals surface area contributed by atoms with E-state index in [0.717, 1.165) is 12.1 Å². The van der Waals surface area contributed by atoms with Gasteiger partial charge in [0.2, 0.25) is 0 Å². The second-order valence-electron chi connectivity index (χ2n) is 10.5. The van der Waals surface area contributed by atoms with Gasteiger partial charge >= 0.3 is 58.8 Å². The first-order valence-corrected chi connectivity index (χ1v) is 15.1. The van der Waals surface area contributed by atoms with E-state index < -0.39 is 47.5 Å². The molecule has 0 spiro atoms. The molecule has 0 aliphatic rings. The molecule has 7 aromatic rings. The van der Waals surface area contributed by atoms with Gasteiger partial charge in [-0.2, -0.15) is 57.9 Å². The summed E-state index contributed by atoms with van der Waals surface area (Å²) >= 11 is 0. The van der Waals surface area contributed by atoms with E-state index >= 15 is 0 Å². The fourth-order valence-electron chi connectivity index (χ4n) is 3.98. The normalized spacial score (nSPS) is 11.2. The minimum atomic E-state index is -4.65. The molecule has 12 nitrogen and oxygen atoms in total. The van der Waals surface area contributed by atoms with E-state index in [1.807, 2.05) is 0 Å². The van der Waals surface area contributed by atoms with E-state index in [9.17, 15) is 52.7 Å². The average molecular weight is 938 g/mol. The number of halogens is 12. The van der Waals surface area contributed by atoms with Crippen molar-refractivity contribution < 1.29 is 86.8 Å². The molecule has 0 aliphatic heterocycles. The van der Waals surface area contributed by atoms with Crippen LogP contribution in [-0.4, -0.2) is 35.3 Å². The Morgan fingerprint density at radius 3 is 1.08 bits per heavy atom. The summed E-state index contributed by atoms with van der Waals surface area (Å²) in [5, 5.41) is 33.0. The Morgan fingerprint density at radius 1 is 0.458 bits per heavy atom. The molecular formula is C33H18Cu2F12N12. The van der Waals surface area contributed by atoms with Gasteiger partial charge in [-0.25, -0.2) is 4.98 Å². The van der Waals surface area contributed by atoms with Crippen LogP contribution in [0.25, 0.3) is 45.6 Å².